The van der Waals surface area contributed by atoms with Gasteiger partial charge >= 0.3 is 0 Å². The highest BCUT2D eigenvalue weighted by molar-refractivity contribution is 5.81. The van der Waals surface area contributed by atoms with Gasteiger partial charge in [0.2, 0.25) is 5.91 Å². The normalized spacial score (nSPS) is 20.3. The number of nitrogens with zero attached hydrogens (tertiary/aromatic N) is 2. The van der Waals surface area contributed by atoms with Crippen LogP contribution in [0.3, 0.4) is 0 Å². The van der Waals surface area contributed by atoms with Crippen LogP contribution in [0.15, 0.2) is 18.2 Å². The van der Waals surface area contributed by atoms with E-state index in [9.17, 15) is 4.79 Å². The Balaban J connectivity index is 2.14. The first-order chi connectivity index (χ1) is 8.61. The molecule has 0 saturated carbocycles. The first-order valence-electron chi connectivity index (χ1n) is 6.13. The summed E-state index contributed by atoms with van der Waals surface area (Å²) in [5, 5.41) is 11.7. The Kier molecular flexibility index (Phi) is 3.63. The van der Waals surface area contributed by atoms with Crippen LogP contribution < -0.4 is 5.32 Å². The zero-order chi connectivity index (χ0) is 13.1. The van der Waals surface area contributed by atoms with Crippen LogP contribution in [0.1, 0.15) is 23.6 Å². The zero-order valence-electron chi connectivity index (χ0n) is 10.7. The third-order valence-electron chi connectivity index (χ3n) is 3.47. The van der Waals surface area contributed by atoms with E-state index in [2.05, 4.69) is 16.3 Å². The van der Waals surface area contributed by atoms with E-state index in [4.69, 9.17) is 5.26 Å². The molecule has 1 atom stereocenters. The van der Waals surface area contributed by atoms with Gasteiger partial charge in [0.15, 0.2) is 0 Å². The number of aryl methyl sites for hydroxylation is 1. The molecule has 1 N–H and O–H groups in total. The molecule has 1 aliphatic rings. The van der Waals surface area contributed by atoms with Crippen molar-refractivity contribution >= 4 is 5.91 Å². The number of rotatable bonds is 2. The number of hydrogen-bond donors (Lipinski definition) is 1. The number of carbonyl (C=O) groups excluding carboxylic acids is 1. The Labute approximate surface area is 107 Å². The first-order valence-corrected chi connectivity index (χ1v) is 6.13. The van der Waals surface area contributed by atoms with Crippen LogP contribution in [0.5, 0.6) is 0 Å². The predicted molar refractivity (Wildman–Crippen MR) is 68.8 cm³/mol. The van der Waals surface area contributed by atoms with E-state index in [1.165, 1.54) is 5.56 Å². The topological polar surface area (TPSA) is 56.1 Å². The van der Waals surface area contributed by atoms with Crippen LogP contribution in [-0.2, 0) is 11.3 Å². The molecule has 1 aliphatic heterocycles. The maximum atomic E-state index is 11.6. The Morgan fingerprint density at radius 3 is 3.00 bits per heavy atom. The molecule has 94 valence electrons. The van der Waals surface area contributed by atoms with Gasteiger partial charge in [-0.25, -0.2) is 0 Å². The summed E-state index contributed by atoms with van der Waals surface area (Å²) in [6.45, 7) is 6.26. The summed E-state index contributed by atoms with van der Waals surface area (Å²) in [7, 11) is 0. The van der Waals surface area contributed by atoms with Gasteiger partial charge in [0.25, 0.3) is 0 Å². The van der Waals surface area contributed by atoms with Crippen molar-refractivity contribution in [2.45, 2.75) is 26.4 Å². The lowest BCUT2D eigenvalue weighted by atomic mass is 10.0. The molecule has 18 heavy (non-hydrogen) atoms. The van der Waals surface area contributed by atoms with E-state index >= 15 is 0 Å². The Morgan fingerprint density at radius 1 is 1.56 bits per heavy atom. The fourth-order valence-electron chi connectivity index (χ4n) is 2.21. The lowest BCUT2D eigenvalue weighted by Gasteiger charge is -2.33. The van der Waals surface area contributed by atoms with Crippen molar-refractivity contribution in [1.82, 2.24) is 10.2 Å². The summed E-state index contributed by atoms with van der Waals surface area (Å²) in [5.74, 6) is 0.0903. The fraction of sp³-hybridized carbons (Fsp3) is 0.429. The van der Waals surface area contributed by atoms with Crippen LogP contribution >= 0.6 is 0 Å². The highest BCUT2D eigenvalue weighted by Gasteiger charge is 2.25. The quantitative estimate of drug-likeness (QED) is 0.848. The third-order valence-corrected chi connectivity index (χ3v) is 3.47. The highest BCUT2D eigenvalue weighted by atomic mass is 16.2. The smallest absolute Gasteiger partial charge is 0.237 e. The number of amides is 1. The zero-order valence-corrected chi connectivity index (χ0v) is 10.7. The average molecular weight is 243 g/mol. The second-order valence-electron chi connectivity index (χ2n) is 4.69. The molecule has 4 heteroatoms. The molecule has 1 saturated heterocycles. The molecule has 0 spiro atoms. The molecule has 1 heterocycles. The molecule has 0 aliphatic carbocycles. The van der Waals surface area contributed by atoms with Crippen LogP contribution in [0.4, 0.5) is 0 Å². The van der Waals surface area contributed by atoms with Gasteiger partial charge < -0.3 is 5.32 Å². The molecule has 1 aromatic carbocycles. The SMILES string of the molecule is Cc1cc(C#N)ccc1CN1CCNC(=O)C1C. The summed E-state index contributed by atoms with van der Waals surface area (Å²) in [4.78, 5) is 13.7. The fourth-order valence-corrected chi connectivity index (χ4v) is 2.21. The number of benzene rings is 1. The summed E-state index contributed by atoms with van der Waals surface area (Å²) >= 11 is 0. The predicted octanol–water partition coefficient (Wildman–Crippen LogP) is 1.19. The minimum Gasteiger partial charge on any atom is -0.353 e. The van der Waals surface area contributed by atoms with Gasteiger partial charge in [0, 0.05) is 19.6 Å². The van der Waals surface area contributed by atoms with Crippen LogP contribution in [-0.4, -0.2) is 29.9 Å². The minimum absolute atomic E-state index is 0.0891. The molecular weight excluding hydrogens is 226 g/mol. The lowest BCUT2D eigenvalue weighted by Crippen LogP contribution is -2.53. The van der Waals surface area contributed by atoms with Crippen LogP contribution in [0.25, 0.3) is 0 Å². The molecule has 1 amide bonds. The maximum absolute atomic E-state index is 11.6. The molecule has 0 radical (unpaired) electrons. The van der Waals surface area contributed by atoms with Gasteiger partial charge in [-0.3, -0.25) is 9.69 Å². The van der Waals surface area contributed by atoms with E-state index in [1.54, 1.807) is 0 Å². The second-order valence-corrected chi connectivity index (χ2v) is 4.69. The molecule has 1 unspecified atom stereocenters. The van der Waals surface area contributed by atoms with Crippen LogP contribution in [0.2, 0.25) is 0 Å². The molecule has 1 fully saturated rings. The summed E-state index contributed by atoms with van der Waals surface area (Å²) < 4.78 is 0. The molecule has 2 rings (SSSR count). The summed E-state index contributed by atoms with van der Waals surface area (Å²) in [6.07, 6.45) is 0. The molecule has 0 bridgehead atoms. The van der Waals surface area contributed by atoms with Gasteiger partial charge in [-0.15, -0.1) is 0 Å². The Morgan fingerprint density at radius 2 is 2.33 bits per heavy atom. The Bertz CT molecular complexity index is 504. The molecule has 1 aromatic rings. The van der Waals surface area contributed by atoms with Gasteiger partial charge in [0.05, 0.1) is 17.7 Å². The Hall–Kier alpha value is -1.86. The van der Waals surface area contributed by atoms with Crippen molar-refractivity contribution in [3.63, 3.8) is 0 Å². The van der Waals surface area contributed by atoms with Gasteiger partial charge in [-0.2, -0.15) is 5.26 Å². The van der Waals surface area contributed by atoms with E-state index < -0.39 is 0 Å². The highest BCUT2D eigenvalue weighted by Crippen LogP contribution is 2.15. The van der Waals surface area contributed by atoms with Crippen molar-refractivity contribution < 1.29 is 4.79 Å². The van der Waals surface area contributed by atoms with E-state index in [-0.39, 0.29) is 11.9 Å². The lowest BCUT2D eigenvalue weighted by molar-refractivity contribution is -0.128. The number of nitrogens with one attached hydrogen (secondary N) is 1. The van der Waals surface area contributed by atoms with Gasteiger partial charge in [0.1, 0.15) is 0 Å². The number of piperazine rings is 1. The number of nitriles is 1. The first kappa shape index (κ1) is 12.6. The summed E-state index contributed by atoms with van der Waals surface area (Å²) in [5.41, 5.74) is 2.96. The number of carbonyl (C=O) groups is 1. The second kappa shape index (κ2) is 5.19. The van der Waals surface area contributed by atoms with Crippen molar-refractivity contribution in [2.75, 3.05) is 13.1 Å². The van der Waals surface area contributed by atoms with Crippen molar-refractivity contribution in [3.8, 4) is 6.07 Å². The van der Waals surface area contributed by atoms with Gasteiger partial charge in [-0.05, 0) is 37.1 Å². The van der Waals surface area contributed by atoms with Crippen molar-refractivity contribution in [1.29, 1.82) is 5.26 Å². The van der Waals surface area contributed by atoms with Gasteiger partial charge in [-0.1, -0.05) is 6.07 Å². The van der Waals surface area contributed by atoms with E-state index in [0.717, 1.165) is 18.7 Å². The van der Waals surface area contributed by atoms with Crippen molar-refractivity contribution in [2.24, 2.45) is 0 Å². The molecule has 0 aromatic heterocycles. The van der Waals surface area contributed by atoms with E-state index in [1.807, 2.05) is 32.0 Å². The largest absolute Gasteiger partial charge is 0.353 e. The van der Waals surface area contributed by atoms with Crippen LogP contribution in [0, 0.1) is 18.3 Å². The summed E-state index contributed by atoms with van der Waals surface area (Å²) in [6, 6.07) is 7.75. The van der Waals surface area contributed by atoms with Crippen molar-refractivity contribution in [3.05, 3.63) is 34.9 Å². The van der Waals surface area contributed by atoms with E-state index in [0.29, 0.717) is 12.1 Å². The molecular formula is C14H17N3O. The third kappa shape index (κ3) is 2.52. The minimum atomic E-state index is -0.0891. The standard InChI is InChI=1S/C14H17N3O/c1-10-7-12(8-15)3-4-13(10)9-17-6-5-16-14(18)11(17)2/h3-4,7,11H,5-6,9H2,1-2H3,(H,16,18). The molecule has 4 nitrogen and oxygen atoms in total. The number of hydrogen-bond acceptors (Lipinski definition) is 3. The monoisotopic (exact) mass is 243 g/mol. The average Bonchev–Trinajstić information content (AvgIpc) is 2.37. The maximum Gasteiger partial charge on any atom is 0.237 e.